The zero-order chi connectivity index (χ0) is 31.6. The summed E-state index contributed by atoms with van der Waals surface area (Å²) in [6.45, 7) is 13.1. The van der Waals surface area contributed by atoms with E-state index >= 15 is 0 Å². The molecule has 0 fully saturated rings. The van der Waals surface area contributed by atoms with E-state index in [0.717, 1.165) is 0 Å². The van der Waals surface area contributed by atoms with Gasteiger partial charge >= 0.3 is 0 Å². The van der Waals surface area contributed by atoms with Gasteiger partial charge in [-0.15, -0.1) is 0 Å². The first-order valence-corrected chi connectivity index (χ1v) is 19.6. The van der Waals surface area contributed by atoms with Crippen molar-refractivity contribution >= 4 is 48.8 Å². The maximum absolute atomic E-state index is 2.96. The number of hydrogen-bond acceptors (Lipinski definition) is 1. The Morgan fingerprint density at radius 2 is 0.578 bits per heavy atom. The second kappa shape index (κ2) is 12.9. The van der Waals surface area contributed by atoms with E-state index in [-0.39, 0.29) is 0 Å². The molecule has 6 aromatic carbocycles. The van der Waals surface area contributed by atoms with Gasteiger partial charge < -0.3 is 4.23 Å². The Hall–Kier alpha value is -4.45. The van der Waals surface area contributed by atoms with Gasteiger partial charge in [-0.1, -0.05) is 167 Å². The molecule has 0 spiro atoms. The molecule has 45 heavy (non-hydrogen) atoms. The summed E-state index contributed by atoms with van der Waals surface area (Å²) >= 11 is 0. The molecule has 0 saturated carbocycles. The van der Waals surface area contributed by atoms with Crippen LogP contribution >= 0.6 is 0 Å². The third-order valence-electron chi connectivity index (χ3n) is 9.13. The van der Waals surface area contributed by atoms with Crippen LogP contribution in [0.25, 0.3) is 0 Å². The third-order valence-corrected chi connectivity index (χ3v) is 18.4. The van der Waals surface area contributed by atoms with Gasteiger partial charge in [-0.2, -0.15) is 0 Å². The van der Waals surface area contributed by atoms with Crippen LogP contribution in [0.2, 0.25) is 0 Å². The Morgan fingerprint density at radius 3 is 0.867 bits per heavy atom. The molecule has 0 aromatic heterocycles. The number of benzene rings is 6. The predicted molar refractivity (Wildman–Crippen MR) is 201 cm³/mol. The molecule has 0 heterocycles. The zero-order valence-corrected chi connectivity index (χ0v) is 29.5. The van der Waals surface area contributed by atoms with Crippen molar-refractivity contribution in [3.05, 3.63) is 179 Å². The van der Waals surface area contributed by atoms with Crippen LogP contribution in [-0.2, 0) is 0 Å². The van der Waals surface area contributed by atoms with Crippen LogP contribution in [0.3, 0.4) is 0 Å². The van der Waals surface area contributed by atoms with Gasteiger partial charge in [0, 0.05) is 5.69 Å². The van der Waals surface area contributed by atoms with Gasteiger partial charge in [0.25, 0.3) is 0 Å². The van der Waals surface area contributed by atoms with E-state index in [0.29, 0.717) is 0 Å². The van der Waals surface area contributed by atoms with Crippen molar-refractivity contribution in [3.8, 4) is 0 Å². The minimum absolute atomic E-state index is 1.27. The monoisotopic (exact) mass is 617 g/mol. The Kier molecular flexibility index (Phi) is 8.75. The maximum atomic E-state index is 2.96. The fourth-order valence-electron chi connectivity index (χ4n) is 6.53. The standard InChI is InChI=1S/C42H43NSi2/c1-31-7-19-37(20-8-31)43(44(38-21-9-32(2)10-22-38)39-23-11-33(3)12-24-39)45(40-25-13-34(4)14-26-40,41-27-15-35(5)16-28-41)42-29-17-36(6)18-30-42/h7-30,44H,1-6H3. The first kappa shape index (κ1) is 30.6. The zero-order valence-electron chi connectivity index (χ0n) is 27.4. The highest BCUT2D eigenvalue weighted by Gasteiger charge is 2.49. The Balaban J connectivity index is 1.81. The van der Waals surface area contributed by atoms with Crippen LogP contribution in [0.4, 0.5) is 5.69 Å². The molecule has 0 aliphatic heterocycles. The van der Waals surface area contributed by atoms with E-state index < -0.39 is 17.2 Å². The summed E-state index contributed by atoms with van der Waals surface area (Å²) in [5, 5.41) is 7.05. The van der Waals surface area contributed by atoms with Crippen molar-refractivity contribution in [1.29, 1.82) is 0 Å². The lowest BCUT2D eigenvalue weighted by Crippen LogP contribution is -2.83. The van der Waals surface area contributed by atoms with Gasteiger partial charge in [0.2, 0.25) is 8.24 Å². The minimum atomic E-state index is -2.94. The Morgan fingerprint density at radius 1 is 0.333 bits per heavy atom. The van der Waals surface area contributed by atoms with Crippen LogP contribution in [0.5, 0.6) is 0 Å². The van der Waals surface area contributed by atoms with Crippen LogP contribution in [0.15, 0.2) is 146 Å². The molecule has 0 atom stereocenters. The molecular weight excluding hydrogens is 575 g/mol. The van der Waals surface area contributed by atoms with Crippen LogP contribution in [0.1, 0.15) is 33.4 Å². The lowest BCUT2D eigenvalue weighted by Gasteiger charge is -2.49. The molecule has 0 amide bonds. The Bertz CT molecular complexity index is 1700. The molecule has 0 aliphatic carbocycles. The van der Waals surface area contributed by atoms with Gasteiger partial charge in [0.1, 0.15) is 0 Å². The number of nitrogens with zero attached hydrogens (tertiary/aromatic N) is 1. The summed E-state index contributed by atoms with van der Waals surface area (Å²) in [5.41, 5.74) is 8.97. The van der Waals surface area contributed by atoms with Crippen molar-refractivity contribution < 1.29 is 0 Å². The highest BCUT2D eigenvalue weighted by molar-refractivity contribution is 7.21. The largest absolute Gasteiger partial charge is 0.409 e. The molecule has 0 radical (unpaired) electrons. The summed E-state index contributed by atoms with van der Waals surface area (Å²) in [7, 11) is -5.07. The maximum Gasteiger partial charge on any atom is 0.245 e. The van der Waals surface area contributed by atoms with Gasteiger partial charge in [-0.25, -0.2) is 0 Å². The molecule has 0 bridgehead atoms. The molecule has 3 heteroatoms. The second-order valence-electron chi connectivity index (χ2n) is 12.7. The number of rotatable bonds is 8. The molecule has 224 valence electrons. The fraction of sp³-hybridized carbons (Fsp3) is 0.143. The molecule has 0 N–H and O–H groups in total. The molecule has 1 nitrogen and oxygen atoms in total. The van der Waals surface area contributed by atoms with Crippen molar-refractivity contribution in [1.82, 2.24) is 0 Å². The minimum Gasteiger partial charge on any atom is -0.409 e. The summed E-state index contributed by atoms with van der Waals surface area (Å²) in [6, 6.07) is 56.4. The van der Waals surface area contributed by atoms with Crippen molar-refractivity contribution in [2.75, 3.05) is 4.23 Å². The molecule has 0 saturated heterocycles. The van der Waals surface area contributed by atoms with Gasteiger partial charge in [0.05, 0.1) is 0 Å². The summed E-state index contributed by atoms with van der Waals surface area (Å²) in [4.78, 5) is 0. The van der Waals surface area contributed by atoms with Crippen molar-refractivity contribution in [3.63, 3.8) is 0 Å². The average Bonchev–Trinajstić information content (AvgIpc) is 3.05. The third kappa shape index (κ3) is 6.11. The summed E-state index contributed by atoms with van der Waals surface area (Å²) in [6.07, 6.45) is 0. The lowest BCUT2D eigenvalue weighted by molar-refractivity contribution is 1.40. The lowest BCUT2D eigenvalue weighted by atomic mass is 10.2. The molecule has 6 aromatic rings. The molecule has 0 unspecified atom stereocenters. The first-order valence-electron chi connectivity index (χ1n) is 16.0. The van der Waals surface area contributed by atoms with Gasteiger partial charge in [0.15, 0.2) is 8.96 Å². The summed E-state index contributed by atoms with van der Waals surface area (Å²) < 4.78 is 2.96. The highest BCUT2D eigenvalue weighted by atomic mass is 28.4. The van der Waals surface area contributed by atoms with Crippen molar-refractivity contribution in [2.24, 2.45) is 0 Å². The SMILES string of the molecule is Cc1ccc(N([SiH](c2ccc(C)cc2)c2ccc(C)cc2)[Si](c2ccc(C)cc2)(c2ccc(C)cc2)c2ccc(C)cc2)cc1. The van der Waals surface area contributed by atoms with E-state index in [2.05, 4.69) is 191 Å². The smallest absolute Gasteiger partial charge is 0.245 e. The first-order chi connectivity index (χ1) is 21.8. The van der Waals surface area contributed by atoms with E-state index in [1.54, 1.807) is 0 Å². The second-order valence-corrected chi connectivity index (χ2v) is 19.5. The van der Waals surface area contributed by atoms with Crippen LogP contribution < -0.4 is 30.2 Å². The van der Waals surface area contributed by atoms with E-state index in [1.807, 2.05) is 0 Å². The number of anilines is 1. The predicted octanol–water partition coefficient (Wildman–Crippen LogP) is 6.55. The van der Waals surface area contributed by atoms with E-state index in [9.17, 15) is 0 Å². The van der Waals surface area contributed by atoms with Gasteiger partial charge in [-0.05, 0) is 79.6 Å². The van der Waals surface area contributed by atoms with Gasteiger partial charge in [-0.3, -0.25) is 0 Å². The quantitative estimate of drug-likeness (QED) is 0.138. The highest BCUT2D eigenvalue weighted by Crippen LogP contribution is 2.26. The van der Waals surface area contributed by atoms with E-state index in [4.69, 9.17) is 0 Å². The Labute approximate surface area is 272 Å². The fourth-order valence-corrected chi connectivity index (χ4v) is 17.2. The summed E-state index contributed by atoms with van der Waals surface area (Å²) in [5.74, 6) is 0. The number of aryl methyl sites for hydroxylation is 6. The average molecular weight is 618 g/mol. The van der Waals surface area contributed by atoms with Crippen LogP contribution in [-0.4, -0.2) is 17.2 Å². The topological polar surface area (TPSA) is 3.24 Å². The number of hydrogen-bond donors (Lipinski definition) is 0. The van der Waals surface area contributed by atoms with Crippen LogP contribution in [0, 0.1) is 41.5 Å². The van der Waals surface area contributed by atoms with E-state index in [1.165, 1.54) is 65.0 Å². The molecule has 6 rings (SSSR count). The normalized spacial score (nSPS) is 11.5. The van der Waals surface area contributed by atoms with Crippen molar-refractivity contribution in [2.45, 2.75) is 41.5 Å². The molecular formula is C42H43NSi2. The molecule has 0 aliphatic rings.